The van der Waals surface area contributed by atoms with E-state index in [-0.39, 0.29) is 23.2 Å². The number of rotatable bonds is 4. The molecule has 0 N–H and O–H groups in total. The Bertz CT molecular complexity index is 408. The number of alkyl halides is 1. The maximum Gasteiger partial charge on any atom is 0.274 e. The zero-order valence-electron chi connectivity index (χ0n) is 7.57. The predicted octanol–water partition coefficient (Wildman–Crippen LogP) is 2.71. The van der Waals surface area contributed by atoms with E-state index in [1.165, 1.54) is 6.07 Å². The number of carbonyl (C=O) groups is 1. The molecule has 6 heteroatoms. The van der Waals surface area contributed by atoms with Crippen molar-refractivity contribution in [2.45, 2.75) is 6.42 Å². The molecule has 0 saturated heterocycles. The summed E-state index contributed by atoms with van der Waals surface area (Å²) in [6, 6.07) is 4.78. The van der Waals surface area contributed by atoms with Gasteiger partial charge in [0.25, 0.3) is 5.69 Å². The number of Topliss-reactive ketones (excluding diaryl/α,β-unsaturated/α-hetero) is 1. The fourth-order valence-electron chi connectivity index (χ4n) is 1.14. The van der Waals surface area contributed by atoms with Gasteiger partial charge in [0, 0.05) is 16.1 Å². The summed E-state index contributed by atoms with van der Waals surface area (Å²) in [5, 5.41) is 10.9. The first kappa shape index (κ1) is 12.6. The van der Waals surface area contributed by atoms with Gasteiger partial charge in [0.1, 0.15) is 5.78 Å². The number of nitro benzene ring substituents is 1. The van der Waals surface area contributed by atoms with Gasteiger partial charge in [-0.05, 0) is 28.7 Å². The molecule has 0 spiro atoms. The van der Waals surface area contributed by atoms with Crippen molar-refractivity contribution in [3.63, 3.8) is 0 Å². The fourth-order valence-corrected chi connectivity index (χ4v) is 2.01. The normalized spacial score (nSPS) is 10.0. The zero-order chi connectivity index (χ0) is 11.4. The van der Waals surface area contributed by atoms with Gasteiger partial charge in [-0.2, -0.15) is 0 Å². The topological polar surface area (TPSA) is 60.2 Å². The van der Waals surface area contributed by atoms with Crippen LogP contribution in [0.2, 0.25) is 0 Å². The summed E-state index contributed by atoms with van der Waals surface area (Å²) < 4.78 is 0.746. The van der Waals surface area contributed by atoms with Gasteiger partial charge in [-0.25, -0.2) is 0 Å². The number of nitro groups is 1. The summed E-state index contributed by atoms with van der Waals surface area (Å²) in [5.41, 5.74) is 0.503. The molecule has 15 heavy (non-hydrogen) atoms. The molecule has 0 atom stereocenters. The van der Waals surface area contributed by atoms with Crippen molar-refractivity contribution >= 4 is 50.0 Å². The molecular formula is C9H7BrINO3. The van der Waals surface area contributed by atoms with Gasteiger partial charge in [0.05, 0.1) is 15.8 Å². The van der Waals surface area contributed by atoms with Crippen molar-refractivity contribution in [1.82, 2.24) is 0 Å². The molecular weight excluding hydrogens is 377 g/mol. The Morgan fingerprint density at radius 1 is 1.53 bits per heavy atom. The third-order valence-corrected chi connectivity index (χ3v) is 3.45. The first-order valence-corrected chi connectivity index (χ1v) is 6.25. The highest BCUT2D eigenvalue weighted by atomic mass is 127. The molecule has 80 valence electrons. The highest BCUT2D eigenvalue weighted by Gasteiger charge is 2.18. The first-order valence-electron chi connectivity index (χ1n) is 4.05. The minimum Gasteiger partial charge on any atom is -0.298 e. The van der Waals surface area contributed by atoms with Crippen molar-refractivity contribution in [3.05, 3.63) is 37.4 Å². The van der Waals surface area contributed by atoms with E-state index in [4.69, 9.17) is 0 Å². The lowest BCUT2D eigenvalue weighted by Gasteiger charge is -2.03. The van der Waals surface area contributed by atoms with Gasteiger partial charge in [-0.15, -0.1) is 0 Å². The lowest BCUT2D eigenvalue weighted by Crippen LogP contribution is -2.07. The Balaban J connectivity index is 3.13. The van der Waals surface area contributed by atoms with Gasteiger partial charge < -0.3 is 0 Å². The molecule has 0 bridgehead atoms. The summed E-state index contributed by atoms with van der Waals surface area (Å²) in [5.74, 6) is -0.0674. The Hall–Kier alpha value is -0.500. The standard InChI is InChI=1S/C9H7BrINO3/c10-5-6(13)4-7-8(11)2-1-3-9(7)12(14)15/h1-3H,4-5H2. The summed E-state index contributed by atoms with van der Waals surface area (Å²) in [6.07, 6.45) is 0.0979. The summed E-state index contributed by atoms with van der Waals surface area (Å²) in [7, 11) is 0. The van der Waals surface area contributed by atoms with Crippen molar-refractivity contribution in [2.24, 2.45) is 0 Å². The summed E-state index contributed by atoms with van der Waals surface area (Å²) in [4.78, 5) is 21.5. The van der Waals surface area contributed by atoms with Crippen LogP contribution in [0, 0.1) is 13.7 Å². The lowest BCUT2D eigenvalue weighted by molar-refractivity contribution is -0.385. The number of carbonyl (C=O) groups excluding carboxylic acids is 1. The zero-order valence-corrected chi connectivity index (χ0v) is 11.3. The SMILES string of the molecule is O=C(CBr)Cc1c(I)cccc1[N+](=O)[O-]. The van der Waals surface area contributed by atoms with Gasteiger partial charge in [0.15, 0.2) is 0 Å². The maximum absolute atomic E-state index is 11.2. The molecule has 0 fully saturated rings. The smallest absolute Gasteiger partial charge is 0.274 e. The van der Waals surface area contributed by atoms with Gasteiger partial charge in [-0.3, -0.25) is 14.9 Å². The molecule has 0 saturated carbocycles. The van der Waals surface area contributed by atoms with Crippen molar-refractivity contribution < 1.29 is 9.72 Å². The Kier molecular flexibility index (Phi) is 4.65. The largest absolute Gasteiger partial charge is 0.298 e. The van der Waals surface area contributed by atoms with Crippen LogP contribution in [-0.4, -0.2) is 16.0 Å². The molecule has 0 aliphatic rings. The number of nitrogens with zero attached hydrogens (tertiary/aromatic N) is 1. The minimum absolute atomic E-state index is 0.0104. The monoisotopic (exact) mass is 383 g/mol. The molecule has 1 aromatic carbocycles. The number of ketones is 1. The Morgan fingerprint density at radius 2 is 2.20 bits per heavy atom. The van der Waals surface area contributed by atoms with E-state index < -0.39 is 4.92 Å². The van der Waals surface area contributed by atoms with Crippen LogP contribution in [0.25, 0.3) is 0 Å². The first-order chi connectivity index (χ1) is 7.06. The molecule has 0 radical (unpaired) electrons. The van der Waals surface area contributed by atoms with Crippen LogP contribution in [0.15, 0.2) is 18.2 Å². The fraction of sp³-hybridized carbons (Fsp3) is 0.222. The average molecular weight is 384 g/mol. The van der Waals surface area contributed by atoms with Gasteiger partial charge in [-0.1, -0.05) is 22.0 Å². The molecule has 0 aliphatic carbocycles. The molecule has 0 aliphatic heterocycles. The quantitative estimate of drug-likeness (QED) is 0.347. The predicted molar refractivity (Wildman–Crippen MR) is 68.3 cm³/mol. The third kappa shape index (κ3) is 3.23. The second-order valence-electron chi connectivity index (χ2n) is 2.84. The Labute approximate surface area is 108 Å². The third-order valence-electron chi connectivity index (χ3n) is 1.81. The molecule has 0 unspecified atom stereocenters. The van der Waals surface area contributed by atoms with Crippen LogP contribution in [-0.2, 0) is 11.2 Å². The molecule has 1 rings (SSSR count). The van der Waals surface area contributed by atoms with Gasteiger partial charge >= 0.3 is 0 Å². The van der Waals surface area contributed by atoms with E-state index in [2.05, 4.69) is 15.9 Å². The molecule has 0 aromatic heterocycles. The van der Waals surface area contributed by atoms with Crippen molar-refractivity contribution in [2.75, 3.05) is 5.33 Å². The van der Waals surface area contributed by atoms with Crippen molar-refractivity contribution in [3.8, 4) is 0 Å². The average Bonchev–Trinajstić information content (AvgIpc) is 2.20. The van der Waals surface area contributed by atoms with Crippen LogP contribution in [0.3, 0.4) is 0 Å². The summed E-state index contributed by atoms with van der Waals surface area (Å²) in [6.45, 7) is 0. The summed E-state index contributed by atoms with van der Waals surface area (Å²) >= 11 is 5.03. The van der Waals surface area contributed by atoms with Crippen LogP contribution in [0.5, 0.6) is 0 Å². The van der Waals surface area contributed by atoms with Gasteiger partial charge in [0.2, 0.25) is 0 Å². The van der Waals surface area contributed by atoms with E-state index in [0.29, 0.717) is 5.56 Å². The van der Waals surface area contributed by atoms with E-state index in [9.17, 15) is 14.9 Å². The van der Waals surface area contributed by atoms with Crippen molar-refractivity contribution in [1.29, 1.82) is 0 Å². The minimum atomic E-state index is -0.459. The molecule has 1 aromatic rings. The molecule has 4 nitrogen and oxygen atoms in total. The second-order valence-corrected chi connectivity index (χ2v) is 4.57. The highest BCUT2D eigenvalue weighted by molar-refractivity contribution is 14.1. The number of hydrogen-bond acceptors (Lipinski definition) is 3. The van der Waals surface area contributed by atoms with Crippen LogP contribution >= 0.6 is 38.5 Å². The Morgan fingerprint density at radius 3 is 2.73 bits per heavy atom. The lowest BCUT2D eigenvalue weighted by atomic mass is 10.1. The second kappa shape index (κ2) is 5.55. The van der Waals surface area contributed by atoms with E-state index in [0.717, 1.165) is 3.57 Å². The van der Waals surface area contributed by atoms with E-state index in [1.807, 2.05) is 22.6 Å². The highest BCUT2D eigenvalue weighted by Crippen LogP contribution is 2.24. The number of benzene rings is 1. The number of halogens is 2. The van der Waals surface area contributed by atoms with E-state index in [1.54, 1.807) is 12.1 Å². The van der Waals surface area contributed by atoms with Crippen LogP contribution in [0.1, 0.15) is 5.56 Å². The maximum atomic E-state index is 11.2. The molecule has 0 heterocycles. The molecule has 0 amide bonds. The van der Waals surface area contributed by atoms with Crippen LogP contribution in [0.4, 0.5) is 5.69 Å². The van der Waals surface area contributed by atoms with Crippen LogP contribution < -0.4 is 0 Å². The number of hydrogen-bond donors (Lipinski definition) is 0. The van der Waals surface area contributed by atoms with E-state index >= 15 is 0 Å².